The van der Waals surface area contributed by atoms with Gasteiger partial charge in [-0.3, -0.25) is 14.5 Å². The molecule has 3 aliphatic rings. The van der Waals surface area contributed by atoms with Crippen LogP contribution >= 0.6 is 12.4 Å². The van der Waals surface area contributed by atoms with Crippen LogP contribution in [0.4, 0.5) is 0 Å². The van der Waals surface area contributed by atoms with E-state index >= 15 is 0 Å². The van der Waals surface area contributed by atoms with E-state index in [4.69, 9.17) is 0 Å². The van der Waals surface area contributed by atoms with Crippen LogP contribution in [0.25, 0.3) is 0 Å². The van der Waals surface area contributed by atoms with Crippen LogP contribution in [0.2, 0.25) is 0 Å². The van der Waals surface area contributed by atoms with Gasteiger partial charge in [-0.15, -0.1) is 12.4 Å². The molecule has 0 bridgehead atoms. The third kappa shape index (κ3) is 6.39. The van der Waals surface area contributed by atoms with Gasteiger partial charge in [-0.2, -0.15) is 0 Å². The molecule has 1 N–H and O–H groups in total. The maximum atomic E-state index is 12.5. The molecule has 3 rings (SSSR count). The summed E-state index contributed by atoms with van der Waals surface area (Å²) < 4.78 is 0. The number of nitrogens with zero attached hydrogens (tertiary/aromatic N) is 3. The number of hydrogen-bond donors (Lipinski definition) is 1. The number of amides is 2. The van der Waals surface area contributed by atoms with E-state index in [1.54, 1.807) is 0 Å². The summed E-state index contributed by atoms with van der Waals surface area (Å²) in [5.41, 5.74) is 0. The number of piperazine rings is 2. The zero-order chi connectivity index (χ0) is 17.5. The first-order chi connectivity index (χ1) is 12.2. The smallest absolute Gasteiger partial charge is 0.223 e. The van der Waals surface area contributed by atoms with Gasteiger partial charge in [0, 0.05) is 71.7 Å². The number of carbonyl (C=O) groups excluding carboxylic acids is 2. The standard InChI is InChI=1S/C19H34N4O2.ClH/c24-18(22-10-7-20-8-11-22)6-9-21-12-14-23(15-13-21)19(25)16-17-4-2-1-3-5-17;/h17,20H,1-16H2;1H. The van der Waals surface area contributed by atoms with Crippen LogP contribution in [0, 0.1) is 5.92 Å². The fourth-order valence-corrected chi connectivity index (χ4v) is 4.31. The van der Waals surface area contributed by atoms with Crippen molar-refractivity contribution in [3.8, 4) is 0 Å². The predicted molar refractivity (Wildman–Crippen MR) is 106 cm³/mol. The Morgan fingerprint density at radius 1 is 0.808 bits per heavy atom. The van der Waals surface area contributed by atoms with Crippen molar-refractivity contribution in [2.45, 2.75) is 44.9 Å². The lowest BCUT2D eigenvalue weighted by Gasteiger charge is -2.36. The Labute approximate surface area is 164 Å². The fraction of sp³-hybridized carbons (Fsp3) is 0.895. The van der Waals surface area contributed by atoms with Gasteiger partial charge >= 0.3 is 0 Å². The Bertz CT molecular complexity index is 443. The van der Waals surface area contributed by atoms with Crippen molar-refractivity contribution < 1.29 is 9.59 Å². The van der Waals surface area contributed by atoms with Crippen LogP contribution in [0.5, 0.6) is 0 Å². The molecule has 0 radical (unpaired) electrons. The van der Waals surface area contributed by atoms with Crippen molar-refractivity contribution >= 4 is 24.2 Å². The molecule has 0 unspecified atom stereocenters. The molecule has 0 aromatic heterocycles. The van der Waals surface area contributed by atoms with Crippen molar-refractivity contribution in [2.24, 2.45) is 5.92 Å². The normalized spacial score (nSPS) is 22.8. The molecule has 0 atom stereocenters. The van der Waals surface area contributed by atoms with Crippen LogP contribution in [0.15, 0.2) is 0 Å². The molecule has 2 amide bonds. The summed E-state index contributed by atoms with van der Waals surface area (Å²) >= 11 is 0. The zero-order valence-electron chi connectivity index (χ0n) is 16.0. The van der Waals surface area contributed by atoms with Gasteiger partial charge in [-0.05, 0) is 18.8 Å². The first-order valence-electron chi connectivity index (χ1n) is 10.2. The highest BCUT2D eigenvalue weighted by Crippen LogP contribution is 2.27. The quantitative estimate of drug-likeness (QED) is 0.774. The van der Waals surface area contributed by atoms with Gasteiger partial charge < -0.3 is 15.1 Å². The van der Waals surface area contributed by atoms with Crippen LogP contribution in [0.1, 0.15) is 44.9 Å². The molecule has 26 heavy (non-hydrogen) atoms. The molecule has 6 nitrogen and oxygen atoms in total. The summed E-state index contributed by atoms with van der Waals surface area (Å²) in [5.74, 6) is 1.25. The van der Waals surface area contributed by atoms with Crippen molar-refractivity contribution in [2.75, 3.05) is 58.9 Å². The number of nitrogens with one attached hydrogen (secondary N) is 1. The van der Waals surface area contributed by atoms with E-state index in [1.807, 2.05) is 9.80 Å². The highest BCUT2D eigenvalue weighted by molar-refractivity contribution is 5.85. The molecule has 0 aromatic carbocycles. The van der Waals surface area contributed by atoms with Crippen LogP contribution < -0.4 is 5.32 Å². The number of halogens is 1. The Morgan fingerprint density at radius 3 is 2.08 bits per heavy atom. The Morgan fingerprint density at radius 2 is 1.42 bits per heavy atom. The number of rotatable bonds is 5. The monoisotopic (exact) mass is 386 g/mol. The molecule has 2 heterocycles. The molecular weight excluding hydrogens is 352 g/mol. The molecule has 1 saturated carbocycles. The first-order valence-corrected chi connectivity index (χ1v) is 10.2. The van der Waals surface area contributed by atoms with E-state index in [9.17, 15) is 9.59 Å². The topological polar surface area (TPSA) is 55.9 Å². The maximum absolute atomic E-state index is 12.5. The second kappa shape index (κ2) is 11.1. The Balaban J connectivity index is 0.00000243. The lowest BCUT2D eigenvalue weighted by atomic mass is 9.86. The summed E-state index contributed by atoms with van der Waals surface area (Å²) in [4.78, 5) is 31.1. The minimum absolute atomic E-state index is 0. The summed E-state index contributed by atoms with van der Waals surface area (Å²) in [5, 5.41) is 3.28. The van der Waals surface area contributed by atoms with Gasteiger partial charge in [0.25, 0.3) is 0 Å². The van der Waals surface area contributed by atoms with E-state index in [0.29, 0.717) is 18.2 Å². The molecule has 2 aliphatic heterocycles. The summed E-state index contributed by atoms with van der Waals surface area (Å²) in [6, 6.07) is 0. The molecule has 2 saturated heterocycles. The van der Waals surface area contributed by atoms with Gasteiger partial charge in [-0.1, -0.05) is 19.3 Å². The summed E-state index contributed by atoms with van der Waals surface area (Å²) in [6.07, 6.45) is 7.77. The van der Waals surface area contributed by atoms with E-state index in [-0.39, 0.29) is 18.3 Å². The lowest BCUT2D eigenvalue weighted by Crippen LogP contribution is -2.50. The summed E-state index contributed by atoms with van der Waals surface area (Å²) in [7, 11) is 0. The van der Waals surface area contributed by atoms with E-state index < -0.39 is 0 Å². The maximum Gasteiger partial charge on any atom is 0.223 e. The largest absolute Gasteiger partial charge is 0.340 e. The van der Waals surface area contributed by atoms with E-state index in [0.717, 1.165) is 65.3 Å². The first kappa shape index (κ1) is 21.5. The molecule has 3 fully saturated rings. The molecule has 0 aromatic rings. The van der Waals surface area contributed by atoms with Gasteiger partial charge in [-0.25, -0.2) is 0 Å². The molecule has 1 aliphatic carbocycles. The Hall–Kier alpha value is -0.850. The van der Waals surface area contributed by atoms with E-state index in [1.165, 1.54) is 32.1 Å². The highest BCUT2D eigenvalue weighted by Gasteiger charge is 2.25. The predicted octanol–water partition coefficient (Wildman–Crippen LogP) is 1.34. The third-order valence-electron chi connectivity index (χ3n) is 6.02. The number of carbonyl (C=O) groups is 2. The third-order valence-corrected chi connectivity index (χ3v) is 6.02. The van der Waals surface area contributed by atoms with Gasteiger partial charge in [0.2, 0.25) is 11.8 Å². The minimum atomic E-state index is 0. The SMILES string of the molecule is Cl.O=C(CCN1CCN(C(=O)CC2CCCCC2)CC1)N1CCNCC1. The van der Waals surface area contributed by atoms with Crippen LogP contribution in [-0.4, -0.2) is 85.4 Å². The average Bonchev–Trinajstić information content (AvgIpc) is 2.68. The van der Waals surface area contributed by atoms with Gasteiger partial charge in [0.1, 0.15) is 0 Å². The molecule has 7 heteroatoms. The number of hydrogen-bond acceptors (Lipinski definition) is 4. The van der Waals surface area contributed by atoms with Crippen molar-refractivity contribution in [1.82, 2.24) is 20.0 Å². The van der Waals surface area contributed by atoms with Crippen LogP contribution in [0.3, 0.4) is 0 Å². The summed E-state index contributed by atoms with van der Waals surface area (Å²) in [6.45, 7) is 7.79. The zero-order valence-corrected chi connectivity index (χ0v) is 16.8. The van der Waals surface area contributed by atoms with Crippen molar-refractivity contribution in [3.63, 3.8) is 0 Å². The van der Waals surface area contributed by atoms with Crippen molar-refractivity contribution in [3.05, 3.63) is 0 Å². The average molecular weight is 387 g/mol. The fourth-order valence-electron chi connectivity index (χ4n) is 4.31. The molecule has 0 spiro atoms. The lowest BCUT2D eigenvalue weighted by molar-refractivity contribution is -0.135. The molecular formula is C19H35ClN4O2. The van der Waals surface area contributed by atoms with E-state index in [2.05, 4.69) is 10.2 Å². The molecule has 150 valence electrons. The minimum Gasteiger partial charge on any atom is -0.340 e. The van der Waals surface area contributed by atoms with Crippen molar-refractivity contribution in [1.29, 1.82) is 0 Å². The highest BCUT2D eigenvalue weighted by atomic mass is 35.5. The second-order valence-corrected chi connectivity index (χ2v) is 7.81. The van der Waals surface area contributed by atoms with Gasteiger partial charge in [0.15, 0.2) is 0 Å². The van der Waals surface area contributed by atoms with Crippen LogP contribution in [-0.2, 0) is 9.59 Å². The Kier molecular flexibility index (Phi) is 9.16. The second-order valence-electron chi connectivity index (χ2n) is 7.81. The van der Waals surface area contributed by atoms with Gasteiger partial charge in [0.05, 0.1) is 0 Å².